The molecular weight excluding hydrogens is 278 g/mol. The highest BCUT2D eigenvalue weighted by Gasteiger charge is 2.16. The maximum Gasteiger partial charge on any atom is 0.187 e. The van der Waals surface area contributed by atoms with Gasteiger partial charge in [-0.15, -0.1) is 0 Å². The Balaban J connectivity index is 2.17. The van der Waals surface area contributed by atoms with Gasteiger partial charge in [0.2, 0.25) is 0 Å². The number of rotatable bonds is 3. The highest BCUT2D eigenvalue weighted by atomic mass is 16.5. The molecule has 6 heteroatoms. The summed E-state index contributed by atoms with van der Waals surface area (Å²) in [7, 11) is 0. The molecule has 6 nitrogen and oxygen atoms in total. The molecule has 0 aliphatic heterocycles. The number of nitrogens with zero attached hydrogens (tertiary/aromatic N) is 4. The van der Waals surface area contributed by atoms with Crippen molar-refractivity contribution in [1.82, 2.24) is 19.9 Å². The third-order valence-electron chi connectivity index (χ3n) is 3.36. The van der Waals surface area contributed by atoms with Crippen LogP contribution in [0.15, 0.2) is 30.7 Å². The van der Waals surface area contributed by atoms with Crippen LogP contribution in [0.4, 0.5) is 5.82 Å². The average molecular weight is 295 g/mol. The summed E-state index contributed by atoms with van der Waals surface area (Å²) < 4.78 is 6.04. The molecule has 0 unspecified atom stereocenters. The molecule has 0 aliphatic rings. The Morgan fingerprint density at radius 1 is 1.14 bits per heavy atom. The fourth-order valence-corrected chi connectivity index (χ4v) is 2.21. The molecule has 0 aromatic carbocycles. The van der Waals surface area contributed by atoms with Crippen LogP contribution in [-0.4, -0.2) is 19.9 Å². The first-order valence-electron chi connectivity index (χ1n) is 7.07. The van der Waals surface area contributed by atoms with Crippen LogP contribution in [-0.2, 0) is 0 Å². The van der Waals surface area contributed by atoms with Gasteiger partial charge in [-0.25, -0.2) is 19.9 Å². The number of anilines is 1. The van der Waals surface area contributed by atoms with E-state index < -0.39 is 0 Å². The summed E-state index contributed by atoms with van der Waals surface area (Å²) in [5.74, 6) is 2.31. The van der Waals surface area contributed by atoms with Gasteiger partial charge < -0.3 is 10.5 Å². The summed E-state index contributed by atoms with van der Waals surface area (Å²) in [6, 6.07) is 3.79. The van der Waals surface area contributed by atoms with E-state index in [4.69, 9.17) is 10.5 Å². The molecule has 0 saturated heterocycles. The zero-order chi connectivity index (χ0) is 15.7. The molecule has 0 radical (unpaired) electrons. The number of fused-ring (bicyclic) bond motifs is 1. The Labute approximate surface area is 128 Å². The Kier molecular flexibility index (Phi) is 3.58. The number of aryl methyl sites for hydroxylation is 1. The minimum atomic E-state index is 0.250. The smallest absolute Gasteiger partial charge is 0.187 e. The predicted octanol–water partition coefficient (Wildman–Crippen LogP) is 3.23. The van der Waals surface area contributed by atoms with Gasteiger partial charge in [0, 0.05) is 18.0 Å². The van der Waals surface area contributed by atoms with Gasteiger partial charge in [0.05, 0.1) is 11.6 Å². The molecule has 3 aromatic heterocycles. The van der Waals surface area contributed by atoms with Gasteiger partial charge in [-0.05, 0) is 25.0 Å². The van der Waals surface area contributed by atoms with Crippen molar-refractivity contribution < 1.29 is 4.74 Å². The van der Waals surface area contributed by atoms with Crippen molar-refractivity contribution in [1.29, 1.82) is 0 Å². The SMILES string of the molecule is Cc1ncc(Oc2c(C(C)C)cnc3ncccc23)c(N)n1. The molecule has 0 saturated carbocycles. The second-order valence-electron chi connectivity index (χ2n) is 5.34. The third-order valence-corrected chi connectivity index (χ3v) is 3.36. The highest BCUT2D eigenvalue weighted by Crippen LogP contribution is 2.36. The molecule has 2 N–H and O–H groups in total. The number of ether oxygens (including phenoxy) is 1. The van der Waals surface area contributed by atoms with Gasteiger partial charge in [-0.1, -0.05) is 13.8 Å². The van der Waals surface area contributed by atoms with Crippen molar-refractivity contribution in [2.75, 3.05) is 5.73 Å². The van der Waals surface area contributed by atoms with E-state index in [-0.39, 0.29) is 5.92 Å². The molecule has 0 aliphatic carbocycles. The van der Waals surface area contributed by atoms with Crippen LogP contribution in [0.3, 0.4) is 0 Å². The van der Waals surface area contributed by atoms with E-state index in [9.17, 15) is 0 Å². The molecule has 0 atom stereocenters. The van der Waals surface area contributed by atoms with Crippen LogP contribution in [0.5, 0.6) is 11.5 Å². The van der Waals surface area contributed by atoms with Gasteiger partial charge >= 0.3 is 0 Å². The lowest BCUT2D eigenvalue weighted by Crippen LogP contribution is -2.02. The molecule has 0 bridgehead atoms. The molecule has 3 heterocycles. The molecular formula is C16H17N5O. The van der Waals surface area contributed by atoms with Crippen molar-refractivity contribution in [2.24, 2.45) is 0 Å². The van der Waals surface area contributed by atoms with Crippen molar-refractivity contribution in [3.05, 3.63) is 42.1 Å². The van der Waals surface area contributed by atoms with E-state index in [0.717, 1.165) is 10.9 Å². The van der Waals surface area contributed by atoms with Crippen molar-refractivity contribution in [3.63, 3.8) is 0 Å². The molecule has 3 aromatic rings. The first-order chi connectivity index (χ1) is 10.6. The average Bonchev–Trinajstić information content (AvgIpc) is 2.50. The van der Waals surface area contributed by atoms with Gasteiger partial charge in [0.1, 0.15) is 11.6 Å². The summed E-state index contributed by atoms with van der Waals surface area (Å²) in [6.07, 6.45) is 5.09. The van der Waals surface area contributed by atoms with Crippen LogP contribution in [0.2, 0.25) is 0 Å². The Bertz CT molecular complexity index is 832. The van der Waals surface area contributed by atoms with Crippen LogP contribution < -0.4 is 10.5 Å². The largest absolute Gasteiger partial charge is 0.451 e. The second kappa shape index (κ2) is 5.55. The van der Waals surface area contributed by atoms with E-state index in [1.807, 2.05) is 12.1 Å². The lowest BCUT2D eigenvalue weighted by Gasteiger charge is -2.16. The fourth-order valence-electron chi connectivity index (χ4n) is 2.21. The molecule has 0 amide bonds. The lowest BCUT2D eigenvalue weighted by molar-refractivity contribution is 0.475. The van der Waals surface area contributed by atoms with Crippen molar-refractivity contribution in [3.8, 4) is 11.5 Å². The van der Waals surface area contributed by atoms with Gasteiger partial charge in [0.25, 0.3) is 0 Å². The summed E-state index contributed by atoms with van der Waals surface area (Å²) in [5.41, 5.74) is 7.55. The topological polar surface area (TPSA) is 86.8 Å². The summed E-state index contributed by atoms with van der Waals surface area (Å²) >= 11 is 0. The zero-order valence-corrected chi connectivity index (χ0v) is 12.7. The molecule has 3 rings (SSSR count). The summed E-state index contributed by atoms with van der Waals surface area (Å²) in [5, 5.41) is 0.841. The van der Waals surface area contributed by atoms with E-state index in [1.54, 1.807) is 25.5 Å². The number of hydrogen-bond acceptors (Lipinski definition) is 6. The summed E-state index contributed by atoms with van der Waals surface area (Å²) in [6.45, 7) is 5.95. The minimum Gasteiger partial charge on any atom is -0.451 e. The number of nitrogen functional groups attached to an aromatic ring is 1. The van der Waals surface area contributed by atoms with E-state index in [2.05, 4.69) is 33.8 Å². The quantitative estimate of drug-likeness (QED) is 0.798. The highest BCUT2D eigenvalue weighted by molar-refractivity contribution is 5.83. The van der Waals surface area contributed by atoms with Gasteiger partial charge in [-0.3, -0.25) is 0 Å². The maximum absolute atomic E-state index is 6.04. The Morgan fingerprint density at radius 3 is 2.68 bits per heavy atom. The molecule has 22 heavy (non-hydrogen) atoms. The number of hydrogen-bond donors (Lipinski definition) is 1. The zero-order valence-electron chi connectivity index (χ0n) is 12.7. The van der Waals surface area contributed by atoms with Crippen LogP contribution in [0.1, 0.15) is 31.2 Å². The van der Waals surface area contributed by atoms with Crippen LogP contribution in [0, 0.1) is 6.92 Å². The summed E-state index contributed by atoms with van der Waals surface area (Å²) in [4.78, 5) is 16.9. The second-order valence-corrected chi connectivity index (χ2v) is 5.34. The van der Waals surface area contributed by atoms with Crippen molar-refractivity contribution in [2.45, 2.75) is 26.7 Å². The molecule has 0 fully saturated rings. The first-order valence-corrected chi connectivity index (χ1v) is 7.07. The van der Waals surface area contributed by atoms with E-state index in [1.165, 1.54) is 0 Å². The maximum atomic E-state index is 6.04. The number of aromatic nitrogens is 4. The monoisotopic (exact) mass is 295 g/mol. The van der Waals surface area contributed by atoms with Crippen molar-refractivity contribution >= 4 is 16.9 Å². The molecule has 0 spiro atoms. The van der Waals surface area contributed by atoms with E-state index in [0.29, 0.717) is 28.8 Å². The fraction of sp³-hybridized carbons (Fsp3) is 0.250. The minimum absolute atomic E-state index is 0.250. The van der Waals surface area contributed by atoms with Crippen LogP contribution >= 0.6 is 0 Å². The Morgan fingerprint density at radius 2 is 1.95 bits per heavy atom. The normalized spacial score (nSPS) is 11.1. The lowest BCUT2D eigenvalue weighted by atomic mass is 10.0. The number of pyridine rings is 2. The number of nitrogens with two attached hydrogens (primary N) is 1. The molecule has 112 valence electrons. The first kappa shape index (κ1) is 14.2. The van der Waals surface area contributed by atoms with Gasteiger partial charge in [0.15, 0.2) is 17.2 Å². The predicted molar refractivity (Wildman–Crippen MR) is 84.9 cm³/mol. The van der Waals surface area contributed by atoms with Crippen LogP contribution in [0.25, 0.3) is 11.0 Å². The van der Waals surface area contributed by atoms with Gasteiger partial charge in [-0.2, -0.15) is 0 Å². The standard InChI is InChI=1S/C16H17N5O/c1-9(2)12-7-20-16-11(5-4-6-18-16)14(12)22-13-8-19-10(3)21-15(13)17/h4-9H,1-3H3,(H2,17,19,21). The Hall–Kier alpha value is -2.76. The van der Waals surface area contributed by atoms with E-state index >= 15 is 0 Å². The third kappa shape index (κ3) is 2.55.